The van der Waals surface area contributed by atoms with Crippen LogP contribution in [0.25, 0.3) is 10.9 Å². The predicted molar refractivity (Wildman–Crippen MR) is 117 cm³/mol. The van der Waals surface area contributed by atoms with Crippen molar-refractivity contribution in [1.29, 1.82) is 0 Å². The Balaban J connectivity index is 1.57. The molecule has 0 bridgehead atoms. The Labute approximate surface area is 181 Å². The van der Waals surface area contributed by atoms with Gasteiger partial charge in [-0.3, -0.25) is 19.7 Å². The third-order valence-electron chi connectivity index (χ3n) is 5.55. The van der Waals surface area contributed by atoms with E-state index in [4.69, 9.17) is 4.74 Å². The number of carbonyl (C=O) groups is 1. The molecule has 1 aliphatic heterocycles. The fraction of sp³-hybridized carbons (Fsp3) is 0.375. The highest BCUT2D eigenvalue weighted by atomic mass is 19.1. The molecule has 1 fully saturated rings. The van der Waals surface area contributed by atoms with Gasteiger partial charge in [-0.2, -0.15) is 0 Å². The smallest absolute Gasteiger partial charge is 0.254 e. The van der Waals surface area contributed by atoms with Crippen molar-refractivity contribution in [2.75, 3.05) is 39.4 Å². The molecule has 1 aromatic carbocycles. The van der Waals surface area contributed by atoms with E-state index in [1.807, 2.05) is 24.0 Å². The summed E-state index contributed by atoms with van der Waals surface area (Å²) in [4.78, 5) is 26.4. The average molecular weight is 423 g/mol. The number of hydrogen-bond donors (Lipinski definition) is 0. The van der Waals surface area contributed by atoms with Gasteiger partial charge in [-0.15, -0.1) is 0 Å². The second-order valence-electron chi connectivity index (χ2n) is 7.86. The summed E-state index contributed by atoms with van der Waals surface area (Å²) in [5, 5.41) is 0.671. The van der Waals surface area contributed by atoms with Crippen LogP contribution in [0.15, 0.2) is 48.8 Å². The highest BCUT2D eigenvalue weighted by Gasteiger charge is 2.20. The number of halogens is 1. The van der Waals surface area contributed by atoms with Crippen LogP contribution in [-0.4, -0.2) is 65.1 Å². The van der Waals surface area contributed by atoms with Crippen LogP contribution in [0, 0.1) is 12.7 Å². The summed E-state index contributed by atoms with van der Waals surface area (Å²) in [6.07, 6.45) is 4.34. The number of aryl methyl sites for hydroxylation is 1. The number of hydrogen-bond acceptors (Lipinski definition) is 5. The Morgan fingerprint density at radius 1 is 1.16 bits per heavy atom. The van der Waals surface area contributed by atoms with Gasteiger partial charge in [-0.1, -0.05) is 0 Å². The zero-order chi connectivity index (χ0) is 21.6. The molecule has 6 nitrogen and oxygen atoms in total. The minimum absolute atomic E-state index is 0.0686. The first-order chi connectivity index (χ1) is 15.1. The summed E-state index contributed by atoms with van der Waals surface area (Å²) < 4.78 is 19.2. The summed E-state index contributed by atoms with van der Waals surface area (Å²) >= 11 is 0. The van der Waals surface area contributed by atoms with Crippen molar-refractivity contribution in [3.8, 4) is 0 Å². The lowest BCUT2D eigenvalue weighted by Crippen LogP contribution is -2.39. The number of carbonyl (C=O) groups excluding carboxylic acids is 1. The van der Waals surface area contributed by atoms with Gasteiger partial charge in [0.2, 0.25) is 0 Å². The lowest BCUT2D eigenvalue weighted by molar-refractivity contribution is 0.0355. The maximum atomic E-state index is 13.7. The highest BCUT2D eigenvalue weighted by molar-refractivity contribution is 6.06. The molecule has 0 atom stereocenters. The van der Waals surface area contributed by atoms with Crippen molar-refractivity contribution in [2.24, 2.45) is 0 Å². The number of nitrogens with zero attached hydrogens (tertiary/aromatic N) is 4. The van der Waals surface area contributed by atoms with Gasteiger partial charge in [0.25, 0.3) is 5.91 Å². The molecule has 3 heterocycles. The number of aromatic nitrogens is 2. The molecule has 0 aliphatic carbocycles. The largest absolute Gasteiger partial charge is 0.379 e. The normalized spacial score (nSPS) is 14.6. The average Bonchev–Trinajstić information content (AvgIpc) is 2.78. The summed E-state index contributed by atoms with van der Waals surface area (Å²) in [6.45, 7) is 7.25. The van der Waals surface area contributed by atoms with Gasteiger partial charge in [-0.25, -0.2) is 4.39 Å². The molecular formula is C24H27FN4O2. The zero-order valence-electron chi connectivity index (χ0n) is 17.8. The van der Waals surface area contributed by atoms with Gasteiger partial charge in [0.05, 0.1) is 24.3 Å². The molecule has 1 aliphatic rings. The monoisotopic (exact) mass is 422 g/mol. The van der Waals surface area contributed by atoms with Crippen molar-refractivity contribution < 1.29 is 13.9 Å². The first-order valence-electron chi connectivity index (χ1n) is 10.7. The lowest BCUT2D eigenvalue weighted by atomic mass is 10.1. The van der Waals surface area contributed by atoms with E-state index in [-0.39, 0.29) is 11.7 Å². The molecule has 0 unspecified atom stereocenters. The molecule has 1 amide bonds. The Morgan fingerprint density at radius 3 is 2.71 bits per heavy atom. The van der Waals surface area contributed by atoms with Gasteiger partial charge >= 0.3 is 0 Å². The first kappa shape index (κ1) is 21.3. The van der Waals surface area contributed by atoms with Crippen molar-refractivity contribution >= 4 is 16.8 Å². The van der Waals surface area contributed by atoms with E-state index in [0.29, 0.717) is 35.2 Å². The van der Waals surface area contributed by atoms with Crippen LogP contribution >= 0.6 is 0 Å². The van der Waals surface area contributed by atoms with Gasteiger partial charge in [0.15, 0.2) is 0 Å². The predicted octanol–water partition coefficient (Wildman–Crippen LogP) is 3.44. The number of rotatable bonds is 7. The van der Waals surface area contributed by atoms with Crippen LogP contribution in [-0.2, 0) is 11.3 Å². The Kier molecular flexibility index (Phi) is 6.84. The molecule has 2 aromatic heterocycles. The Morgan fingerprint density at radius 2 is 1.94 bits per heavy atom. The fourth-order valence-corrected chi connectivity index (χ4v) is 3.95. The van der Waals surface area contributed by atoms with Gasteiger partial charge in [-0.05, 0) is 49.2 Å². The number of pyridine rings is 2. The molecule has 31 heavy (non-hydrogen) atoms. The van der Waals surface area contributed by atoms with E-state index in [9.17, 15) is 9.18 Å². The Hall–Kier alpha value is -2.90. The van der Waals surface area contributed by atoms with Gasteiger partial charge < -0.3 is 9.64 Å². The number of morpholine rings is 1. The highest BCUT2D eigenvalue weighted by Crippen LogP contribution is 2.22. The fourth-order valence-electron chi connectivity index (χ4n) is 3.95. The zero-order valence-corrected chi connectivity index (χ0v) is 17.8. The second kappa shape index (κ2) is 9.94. The van der Waals surface area contributed by atoms with Crippen LogP contribution in [0.5, 0.6) is 0 Å². The van der Waals surface area contributed by atoms with Crippen LogP contribution in [0.1, 0.15) is 28.0 Å². The molecule has 4 rings (SSSR count). The molecule has 162 valence electrons. The molecule has 3 aromatic rings. The molecule has 0 N–H and O–H groups in total. The number of ether oxygens (including phenoxy) is 1. The maximum Gasteiger partial charge on any atom is 0.254 e. The summed E-state index contributed by atoms with van der Waals surface area (Å²) in [5.41, 5.74) is 2.78. The topological polar surface area (TPSA) is 58.6 Å². The van der Waals surface area contributed by atoms with Crippen molar-refractivity contribution in [3.63, 3.8) is 0 Å². The van der Waals surface area contributed by atoms with Gasteiger partial charge in [0.1, 0.15) is 5.82 Å². The molecule has 1 saturated heterocycles. The third-order valence-corrected chi connectivity index (χ3v) is 5.55. The second-order valence-corrected chi connectivity index (χ2v) is 7.86. The first-order valence-corrected chi connectivity index (χ1v) is 10.7. The number of benzene rings is 1. The summed E-state index contributed by atoms with van der Waals surface area (Å²) in [5.74, 6) is -0.427. The molecule has 0 radical (unpaired) electrons. The van der Waals surface area contributed by atoms with E-state index in [2.05, 4.69) is 14.9 Å². The van der Waals surface area contributed by atoms with Crippen LogP contribution < -0.4 is 0 Å². The summed E-state index contributed by atoms with van der Waals surface area (Å²) in [6, 6.07) is 10.0. The molecule has 0 saturated carbocycles. The third kappa shape index (κ3) is 5.42. The van der Waals surface area contributed by atoms with Gasteiger partial charge in [0, 0.05) is 62.3 Å². The molecule has 0 spiro atoms. The van der Waals surface area contributed by atoms with Crippen molar-refractivity contribution in [3.05, 3.63) is 71.4 Å². The van der Waals surface area contributed by atoms with E-state index in [0.717, 1.165) is 44.8 Å². The van der Waals surface area contributed by atoms with E-state index in [1.54, 1.807) is 24.5 Å². The van der Waals surface area contributed by atoms with E-state index in [1.165, 1.54) is 12.1 Å². The van der Waals surface area contributed by atoms with Crippen LogP contribution in [0.4, 0.5) is 4.39 Å². The standard InChI is InChI=1S/C24H27FN4O2/c1-18-15-22(21-4-3-20(25)16-23(21)27-18)24(30)29(17-19-5-7-26-8-6-19)10-2-9-28-11-13-31-14-12-28/h3-8,15-16H,2,9-14,17H2,1H3. The Bertz CT molecular complexity index is 1030. The SMILES string of the molecule is Cc1cc(C(=O)N(CCCN2CCOCC2)Cc2ccncc2)c2ccc(F)cc2n1. The lowest BCUT2D eigenvalue weighted by Gasteiger charge is -2.28. The van der Waals surface area contributed by atoms with Crippen molar-refractivity contribution in [1.82, 2.24) is 19.8 Å². The number of amides is 1. The minimum atomic E-state index is -0.358. The molecule has 7 heteroatoms. The number of fused-ring (bicyclic) bond motifs is 1. The van der Waals surface area contributed by atoms with Crippen LogP contribution in [0.3, 0.4) is 0 Å². The van der Waals surface area contributed by atoms with Crippen molar-refractivity contribution in [2.45, 2.75) is 19.9 Å². The maximum absolute atomic E-state index is 13.7. The quantitative estimate of drug-likeness (QED) is 0.584. The van der Waals surface area contributed by atoms with E-state index >= 15 is 0 Å². The van der Waals surface area contributed by atoms with E-state index < -0.39 is 0 Å². The summed E-state index contributed by atoms with van der Waals surface area (Å²) in [7, 11) is 0. The molecular weight excluding hydrogens is 395 g/mol. The minimum Gasteiger partial charge on any atom is -0.379 e. The van der Waals surface area contributed by atoms with Crippen LogP contribution in [0.2, 0.25) is 0 Å².